The van der Waals surface area contributed by atoms with E-state index in [-0.39, 0.29) is 10.6 Å². The Hall–Kier alpha value is -2.81. The molecule has 1 heterocycles. The third-order valence-corrected chi connectivity index (χ3v) is 5.42. The Kier molecular flexibility index (Phi) is 4.73. The first-order valence-corrected chi connectivity index (χ1v) is 9.38. The lowest BCUT2D eigenvalue weighted by Gasteiger charge is -2.15. The minimum absolute atomic E-state index is 0.0805. The van der Waals surface area contributed by atoms with Gasteiger partial charge in [-0.25, -0.2) is 13.1 Å². The standard InChI is InChI=1S/C18H16F3N3O2S/c1-12-8-9-13(2)16(10-12)27(25,26)23-15-11-22-24(17(15)18(19,20)21)14-6-4-3-5-7-14/h3-11,23H,1-2H3. The summed E-state index contributed by atoms with van der Waals surface area (Å²) in [5, 5.41) is 3.74. The number of benzene rings is 2. The molecule has 5 nitrogen and oxygen atoms in total. The van der Waals surface area contributed by atoms with E-state index in [0.29, 0.717) is 15.8 Å². The van der Waals surface area contributed by atoms with Crippen molar-refractivity contribution in [1.82, 2.24) is 9.78 Å². The Morgan fingerprint density at radius 3 is 2.33 bits per heavy atom. The van der Waals surface area contributed by atoms with Gasteiger partial charge in [-0.15, -0.1) is 0 Å². The van der Waals surface area contributed by atoms with Crippen molar-refractivity contribution < 1.29 is 21.6 Å². The molecule has 9 heteroatoms. The summed E-state index contributed by atoms with van der Waals surface area (Å²) in [6.45, 7) is 3.28. The maximum absolute atomic E-state index is 13.7. The Balaban J connectivity index is 2.10. The van der Waals surface area contributed by atoms with Crippen molar-refractivity contribution in [3.8, 4) is 5.69 Å². The molecule has 0 radical (unpaired) electrons. The summed E-state index contributed by atoms with van der Waals surface area (Å²) in [6.07, 6.45) is -3.95. The minimum atomic E-state index is -4.81. The molecule has 0 atom stereocenters. The Bertz CT molecular complexity index is 1070. The molecule has 1 aromatic heterocycles. The fourth-order valence-electron chi connectivity index (χ4n) is 2.66. The van der Waals surface area contributed by atoms with Gasteiger partial charge in [0.15, 0.2) is 5.69 Å². The number of hydrogen-bond acceptors (Lipinski definition) is 3. The van der Waals surface area contributed by atoms with Gasteiger partial charge < -0.3 is 0 Å². The van der Waals surface area contributed by atoms with Gasteiger partial charge in [0.1, 0.15) is 0 Å². The van der Waals surface area contributed by atoms with Crippen LogP contribution in [0, 0.1) is 13.8 Å². The quantitative estimate of drug-likeness (QED) is 0.716. The summed E-state index contributed by atoms with van der Waals surface area (Å²) in [4.78, 5) is -0.0805. The molecule has 3 aromatic rings. The zero-order chi connectivity index (χ0) is 19.8. The molecule has 27 heavy (non-hydrogen) atoms. The van der Waals surface area contributed by atoms with Crippen LogP contribution in [0.3, 0.4) is 0 Å². The number of nitrogens with zero attached hydrogens (tertiary/aromatic N) is 2. The van der Waals surface area contributed by atoms with Crippen LogP contribution in [0.15, 0.2) is 59.6 Å². The molecular formula is C18H16F3N3O2S. The minimum Gasteiger partial charge on any atom is -0.276 e. The normalized spacial score (nSPS) is 12.2. The highest BCUT2D eigenvalue weighted by Crippen LogP contribution is 2.37. The molecule has 0 aliphatic carbocycles. The molecule has 2 aromatic carbocycles. The fraction of sp³-hybridized carbons (Fsp3) is 0.167. The van der Waals surface area contributed by atoms with Gasteiger partial charge in [-0.1, -0.05) is 30.3 Å². The monoisotopic (exact) mass is 395 g/mol. The SMILES string of the molecule is Cc1ccc(C)c(S(=O)(=O)Nc2cnn(-c3ccccc3)c2C(F)(F)F)c1. The van der Waals surface area contributed by atoms with Crippen molar-refractivity contribution in [2.24, 2.45) is 0 Å². The van der Waals surface area contributed by atoms with E-state index in [1.54, 1.807) is 44.2 Å². The number of sulfonamides is 1. The summed E-state index contributed by atoms with van der Waals surface area (Å²) in [5.41, 5.74) is -0.550. The van der Waals surface area contributed by atoms with E-state index in [4.69, 9.17) is 0 Å². The fourth-order valence-corrected chi connectivity index (χ4v) is 4.04. The number of alkyl halides is 3. The number of nitrogens with one attached hydrogen (secondary N) is 1. The van der Waals surface area contributed by atoms with Gasteiger partial charge in [-0.3, -0.25) is 4.72 Å². The first kappa shape index (κ1) is 19.0. The molecule has 1 N–H and O–H groups in total. The average Bonchev–Trinajstić information content (AvgIpc) is 3.01. The first-order valence-electron chi connectivity index (χ1n) is 7.90. The molecule has 0 fully saturated rings. The Morgan fingerprint density at radius 2 is 1.70 bits per heavy atom. The van der Waals surface area contributed by atoms with Crippen LogP contribution in [-0.4, -0.2) is 18.2 Å². The predicted octanol–water partition coefficient (Wildman–Crippen LogP) is 4.31. The van der Waals surface area contributed by atoms with Crippen molar-refractivity contribution >= 4 is 15.7 Å². The van der Waals surface area contributed by atoms with Crippen LogP contribution < -0.4 is 4.72 Å². The van der Waals surface area contributed by atoms with E-state index in [2.05, 4.69) is 5.10 Å². The smallest absolute Gasteiger partial charge is 0.276 e. The van der Waals surface area contributed by atoms with E-state index in [9.17, 15) is 21.6 Å². The number of rotatable bonds is 4. The molecule has 0 unspecified atom stereocenters. The van der Waals surface area contributed by atoms with Gasteiger partial charge in [0.25, 0.3) is 10.0 Å². The zero-order valence-electron chi connectivity index (χ0n) is 14.4. The third kappa shape index (κ3) is 3.82. The topological polar surface area (TPSA) is 64.0 Å². The predicted molar refractivity (Wildman–Crippen MR) is 95.3 cm³/mol. The Morgan fingerprint density at radius 1 is 1.04 bits per heavy atom. The molecule has 0 aliphatic heterocycles. The lowest BCUT2D eigenvalue weighted by molar-refractivity contribution is -0.142. The van der Waals surface area contributed by atoms with Crippen LogP contribution in [0.25, 0.3) is 5.69 Å². The summed E-state index contributed by atoms with van der Waals surface area (Å²) in [6, 6.07) is 12.4. The van der Waals surface area contributed by atoms with Crippen molar-refractivity contribution in [2.75, 3.05) is 4.72 Å². The maximum Gasteiger partial charge on any atom is 0.435 e. The van der Waals surface area contributed by atoms with Crippen LogP contribution in [0.2, 0.25) is 0 Å². The van der Waals surface area contributed by atoms with Crippen molar-refractivity contribution in [1.29, 1.82) is 0 Å². The lowest BCUT2D eigenvalue weighted by atomic mass is 10.2. The second kappa shape index (κ2) is 6.73. The third-order valence-electron chi connectivity index (χ3n) is 3.92. The highest BCUT2D eigenvalue weighted by Gasteiger charge is 2.40. The van der Waals surface area contributed by atoms with Crippen molar-refractivity contribution in [3.05, 3.63) is 71.5 Å². The molecule has 0 spiro atoms. The maximum atomic E-state index is 13.7. The average molecular weight is 395 g/mol. The number of aromatic nitrogens is 2. The van der Waals surface area contributed by atoms with Gasteiger partial charge in [-0.2, -0.15) is 18.3 Å². The molecule has 0 saturated carbocycles. The first-order chi connectivity index (χ1) is 12.6. The summed E-state index contributed by atoms with van der Waals surface area (Å²) < 4.78 is 69.0. The second-order valence-corrected chi connectivity index (χ2v) is 7.68. The second-order valence-electron chi connectivity index (χ2n) is 6.03. The summed E-state index contributed by atoms with van der Waals surface area (Å²) >= 11 is 0. The molecular weight excluding hydrogens is 379 g/mol. The van der Waals surface area contributed by atoms with Gasteiger partial charge in [0, 0.05) is 0 Å². The summed E-state index contributed by atoms with van der Waals surface area (Å²) in [7, 11) is -4.22. The number of anilines is 1. The van der Waals surface area contributed by atoms with Crippen LogP contribution in [0.5, 0.6) is 0 Å². The number of aryl methyl sites for hydroxylation is 2. The molecule has 0 saturated heterocycles. The number of halogens is 3. The highest BCUT2D eigenvalue weighted by molar-refractivity contribution is 7.92. The van der Waals surface area contributed by atoms with Crippen LogP contribution in [0.1, 0.15) is 16.8 Å². The van der Waals surface area contributed by atoms with Crippen LogP contribution in [0.4, 0.5) is 18.9 Å². The van der Waals surface area contributed by atoms with E-state index >= 15 is 0 Å². The van der Waals surface area contributed by atoms with E-state index in [1.807, 2.05) is 4.72 Å². The van der Waals surface area contributed by atoms with Gasteiger partial charge >= 0.3 is 6.18 Å². The van der Waals surface area contributed by atoms with E-state index < -0.39 is 27.6 Å². The largest absolute Gasteiger partial charge is 0.435 e. The van der Waals surface area contributed by atoms with Crippen molar-refractivity contribution in [3.63, 3.8) is 0 Å². The van der Waals surface area contributed by atoms with Crippen LogP contribution >= 0.6 is 0 Å². The molecule has 0 bridgehead atoms. The molecule has 3 rings (SSSR count). The number of para-hydroxylation sites is 1. The van der Waals surface area contributed by atoms with Gasteiger partial charge in [0.05, 0.1) is 22.5 Å². The lowest BCUT2D eigenvalue weighted by Crippen LogP contribution is -2.19. The van der Waals surface area contributed by atoms with Crippen LogP contribution in [-0.2, 0) is 16.2 Å². The highest BCUT2D eigenvalue weighted by atomic mass is 32.2. The summed E-state index contributed by atoms with van der Waals surface area (Å²) in [5.74, 6) is 0. The van der Waals surface area contributed by atoms with E-state index in [0.717, 1.165) is 6.20 Å². The molecule has 0 aliphatic rings. The number of hydrogen-bond donors (Lipinski definition) is 1. The van der Waals surface area contributed by atoms with Gasteiger partial charge in [-0.05, 0) is 43.2 Å². The Labute approximate surface area is 154 Å². The van der Waals surface area contributed by atoms with Gasteiger partial charge in [0.2, 0.25) is 0 Å². The zero-order valence-corrected chi connectivity index (χ0v) is 15.3. The van der Waals surface area contributed by atoms with E-state index in [1.165, 1.54) is 18.2 Å². The molecule has 0 amide bonds. The van der Waals surface area contributed by atoms with Crippen molar-refractivity contribution in [2.45, 2.75) is 24.9 Å². The molecule has 142 valence electrons.